The van der Waals surface area contributed by atoms with Crippen LogP contribution in [0.2, 0.25) is 0 Å². The zero-order chi connectivity index (χ0) is 20.5. The van der Waals surface area contributed by atoms with E-state index in [9.17, 15) is 4.79 Å². The van der Waals surface area contributed by atoms with Gasteiger partial charge in [0.2, 0.25) is 5.91 Å². The summed E-state index contributed by atoms with van der Waals surface area (Å²) in [7, 11) is 3.55. The fourth-order valence-corrected chi connectivity index (χ4v) is 4.02. The predicted octanol–water partition coefficient (Wildman–Crippen LogP) is 2.54. The van der Waals surface area contributed by atoms with Crippen LogP contribution in [0.3, 0.4) is 0 Å². The van der Waals surface area contributed by atoms with Crippen molar-refractivity contribution in [2.45, 2.75) is 44.6 Å². The first-order chi connectivity index (χ1) is 14.1. The lowest BCUT2D eigenvalue weighted by Gasteiger charge is -2.35. The van der Waals surface area contributed by atoms with Crippen LogP contribution in [-0.4, -0.2) is 74.7 Å². The maximum atomic E-state index is 12.0. The van der Waals surface area contributed by atoms with E-state index in [0.29, 0.717) is 5.92 Å². The number of benzene rings is 1. The van der Waals surface area contributed by atoms with Crippen molar-refractivity contribution in [2.75, 3.05) is 46.9 Å². The van der Waals surface area contributed by atoms with Gasteiger partial charge in [-0.05, 0) is 50.0 Å². The summed E-state index contributed by atoms with van der Waals surface area (Å²) in [6.07, 6.45) is 7.16. The summed E-state index contributed by atoms with van der Waals surface area (Å²) in [5.41, 5.74) is 1.42. The molecule has 1 unspecified atom stereocenters. The average molecular weight is 401 g/mol. The Morgan fingerprint density at radius 2 is 1.93 bits per heavy atom. The number of likely N-dealkylation sites (N-methyl/N-ethyl adjacent to an activating group) is 1. The molecule has 0 aliphatic carbocycles. The van der Waals surface area contributed by atoms with Crippen LogP contribution in [0, 0.1) is 5.92 Å². The first-order valence-electron chi connectivity index (χ1n) is 11.0. The monoisotopic (exact) mass is 400 g/mol. The van der Waals surface area contributed by atoms with E-state index in [2.05, 4.69) is 45.5 Å². The van der Waals surface area contributed by atoms with E-state index in [1.807, 2.05) is 0 Å². The number of carbonyl (C=O) groups is 1. The number of ether oxygens (including phenoxy) is 1. The minimum atomic E-state index is 0.0252. The second-order valence-electron chi connectivity index (χ2n) is 8.42. The molecule has 0 spiro atoms. The van der Waals surface area contributed by atoms with Gasteiger partial charge in [-0.15, -0.1) is 0 Å². The Morgan fingerprint density at radius 1 is 1.17 bits per heavy atom. The van der Waals surface area contributed by atoms with Crippen molar-refractivity contribution in [1.29, 1.82) is 0 Å². The van der Waals surface area contributed by atoms with Crippen LogP contribution in [0.4, 0.5) is 0 Å². The smallest absolute Gasteiger partial charge is 0.243 e. The lowest BCUT2D eigenvalue weighted by molar-refractivity contribution is -0.127. The summed E-state index contributed by atoms with van der Waals surface area (Å²) in [6.45, 7) is 3.75. The van der Waals surface area contributed by atoms with Crippen LogP contribution in [0.1, 0.15) is 37.7 Å². The summed E-state index contributed by atoms with van der Waals surface area (Å²) in [5, 5.41) is 3.50. The number of guanidine groups is 1. The highest BCUT2D eigenvalue weighted by Gasteiger charge is 2.23. The molecule has 1 N–H and O–H groups in total. The van der Waals surface area contributed by atoms with Crippen molar-refractivity contribution >= 4 is 11.9 Å². The van der Waals surface area contributed by atoms with Crippen molar-refractivity contribution in [1.82, 2.24) is 15.1 Å². The molecule has 0 radical (unpaired) electrons. The molecule has 1 amide bonds. The van der Waals surface area contributed by atoms with Gasteiger partial charge in [-0.1, -0.05) is 30.3 Å². The van der Waals surface area contributed by atoms with E-state index in [1.165, 1.54) is 12.0 Å². The van der Waals surface area contributed by atoms with Crippen LogP contribution in [0.5, 0.6) is 0 Å². The summed E-state index contributed by atoms with van der Waals surface area (Å²) in [4.78, 5) is 20.6. The molecule has 3 rings (SSSR count). The van der Waals surface area contributed by atoms with Gasteiger partial charge in [0.15, 0.2) is 5.96 Å². The van der Waals surface area contributed by atoms with Gasteiger partial charge in [0, 0.05) is 40.3 Å². The molecule has 2 aliphatic heterocycles. The van der Waals surface area contributed by atoms with Crippen molar-refractivity contribution in [3.05, 3.63) is 35.9 Å². The highest BCUT2D eigenvalue weighted by atomic mass is 16.5. The average Bonchev–Trinajstić information content (AvgIpc) is 2.76. The van der Waals surface area contributed by atoms with Gasteiger partial charge < -0.3 is 19.9 Å². The third-order valence-corrected chi connectivity index (χ3v) is 5.91. The number of hydrogen-bond acceptors (Lipinski definition) is 3. The van der Waals surface area contributed by atoms with Gasteiger partial charge in [-0.25, -0.2) is 4.99 Å². The van der Waals surface area contributed by atoms with Crippen LogP contribution in [0.25, 0.3) is 0 Å². The van der Waals surface area contributed by atoms with Crippen LogP contribution < -0.4 is 5.32 Å². The third-order valence-electron chi connectivity index (χ3n) is 5.91. The minimum absolute atomic E-state index is 0.0252. The van der Waals surface area contributed by atoms with Crippen molar-refractivity contribution < 1.29 is 9.53 Å². The summed E-state index contributed by atoms with van der Waals surface area (Å²) in [6, 6.07) is 10.8. The molecule has 6 nitrogen and oxygen atoms in total. The van der Waals surface area contributed by atoms with Crippen LogP contribution in [0.15, 0.2) is 35.3 Å². The number of likely N-dealkylation sites (tertiary alicyclic amines) is 1. The minimum Gasteiger partial charge on any atom is -0.376 e. The summed E-state index contributed by atoms with van der Waals surface area (Å²) >= 11 is 0. The topological polar surface area (TPSA) is 57.2 Å². The van der Waals surface area contributed by atoms with Gasteiger partial charge >= 0.3 is 0 Å². The van der Waals surface area contributed by atoms with Gasteiger partial charge in [0.25, 0.3) is 0 Å². The molecule has 2 heterocycles. The number of aliphatic imine (C=N–C) groups is 1. The quantitative estimate of drug-likeness (QED) is 0.589. The molecule has 6 heteroatoms. The third kappa shape index (κ3) is 7.03. The van der Waals surface area contributed by atoms with E-state index in [1.54, 1.807) is 19.0 Å². The fourth-order valence-electron chi connectivity index (χ4n) is 4.02. The maximum absolute atomic E-state index is 12.0. The molecule has 0 bridgehead atoms. The molecule has 160 valence electrons. The van der Waals surface area contributed by atoms with E-state index >= 15 is 0 Å². The molecule has 0 saturated carbocycles. The van der Waals surface area contributed by atoms with Gasteiger partial charge in [-0.3, -0.25) is 4.79 Å². The second kappa shape index (κ2) is 11.2. The second-order valence-corrected chi connectivity index (χ2v) is 8.42. The van der Waals surface area contributed by atoms with Gasteiger partial charge in [0.1, 0.15) is 6.54 Å². The summed E-state index contributed by atoms with van der Waals surface area (Å²) < 4.78 is 5.85. The van der Waals surface area contributed by atoms with E-state index < -0.39 is 0 Å². The normalized spacial score (nSPS) is 21.1. The Morgan fingerprint density at radius 3 is 2.59 bits per heavy atom. The highest BCUT2D eigenvalue weighted by molar-refractivity contribution is 5.84. The van der Waals surface area contributed by atoms with E-state index in [0.717, 1.165) is 64.3 Å². The molecule has 1 aromatic rings. The molecule has 2 aliphatic rings. The Hall–Kier alpha value is -2.08. The zero-order valence-electron chi connectivity index (χ0n) is 18.0. The standard InChI is InChI=1S/C23H36N4O2/c1-26(2)22(28)18-25-23(24-17-21-10-6-7-15-29-21)27-13-11-20(12-14-27)16-19-8-4-3-5-9-19/h3-5,8-9,20-21H,6-7,10-18H2,1-2H3,(H,24,25). The largest absolute Gasteiger partial charge is 0.376 e. The highest BCUT2D eigenvalue weighted by Crippen LogP contribution is 2.22. The van der Waals surface area contributed by atoms with Crippen LogP contribution in [-0.2, 0) is 16.0 Å². The number of carbonyl (C=O) groups excluding carboxylic acids is 1. The molecule has 0 aromatic heterocycles. The molecule has 1 atom stereocenters. The fraction of sp³-hybridized carbons (Fsp3) is 0.652. The first kappa shape index (κ1) is 21.6. The van der Waals surface area contributed by atoms with Gasteiger partial charge in [-0.2, -0.15) is 0 Å². The Balaban J connectivity index is 1.55. The number of rotatable bonds is 6. The van der Waals surface area contributed by atoms with Crippen LogP contribution >= 0.6 is 0 Å². The van der Waals surface area contributed by atoms with Gasteiger partial charge in [0.05, 0.1) is 6.10 Å². The van der Waals surface area contributed by atoms with E-state index in [-0.39, 0.29) is 18.6 Å². The first-order valence-corrected chi connectivity index (χ1v) is 11.0. The number of nitrogens with zero attached hydrogens (tertiary/aromatic N) is 3. The lowest BCUT2D eigenvalue weighted by atomic mass is 9.90. The molecular formula is C23H36N4O2. The summed E-state index contributed by atoms with van der Waals surface area (Å²) in [5.74, 6) is 1.59. The Bertz CT molecular complexity index is 648. The SMILES string of the molecule is CN(C)C(=O)CN=C(NCC1CCCCO1)N1CCC(Cc2ccccc2)CC1. The zero-order valence-corrected chi connectivity index (χ0v) is 18.0. The Labute approximate surface area is 175 Å². The van der Waals surface area contributed by atoms with Crippen molar-refractivity contribution in [2.24, 2.45) is 10.9 Å². The lowest BCUT2D eigenvalue weighted by Crippen LogP contribution is -2.48. The molecule has 29 heavy (non-hydrogen) atoms. The van der Waals surface area contributed by atoms with Crippen molar-refractivity contribution in [3.8, 4) is 0 Å². The number of hydrogen-bond donors (Lipinski definition) is 1. The van der Waals surface area contributed by atoms with Crippen molar-refractivity contribution in [3.63, 3.8) is 0 Å². The number of piperidine rings is 1. The number of amides is 1. The molecule has 2 saturated heterocycles. The maximum Gasteiger partial charge on any atom is 0.243 e. The molecular weight excluding hydrogens is 364 g/mol. The Kier molecular flexibility index (Phi) is 8.35. The molecule has 2 fully saturated rings. The van der Waals surface area contributed by atoms with E-state index in [4.69, 9.17) is 4.74 Å². The molecule has 1 aromatic carbocycles. The number of nitrogens with one attached hydrogen (secondary N) is 1. The predicted molar refractivity (Wildman–Crippen MR) is 117 cm³/mol.